The number of hydrogen-bond donors (Lipinski definition) is 1. The van der Waals surface area contributed by atoms with Gasteiger partial charge in [0.2, 0.25) is 11.1 Å². The molecule has 182 valence electrons. The van der Waals surface area contributed by atoms with E-state index in [1.807, 2.05) is 25.1 Å². The summed E-state index contributed by atoms with van der Waals surface area (Å²) in [6.07, 6.45) is 5.02. The third-order valence-electron chi connectivity index (χ3n) is 6.36. The topological polar surface area (TPSA) is 69.0 Å². The molecular weight excluding hydrogens is 503 g/mol. The summed E-state index contributed by atoms with van der Waals surface area (Å²) in [7, 11) is 0. The standard InChI is InChI=1S/C26H26Cl2N4O2S/c1-16-21(24(33)34-18-11-6-3-7-12-18)23(22-19(27)13-8-14-20(22)28)32-25(29-16)30-26(31-32)35-15-17-9-4-2-5-10-17/h2,4-5,8-10,13-14,18,23H,3,6-7,11-12,15H2,1H3,(H,29,30,31). The van der Waals surface area contributed by atoms with Crippen molar-refractivity contribution in [1.29, 1.82) is 0 Å². The Bertz CT molecular complexity index is 1240. The lowest BCUT2D eigenvalue weighted by Gasteiger charge is -2.30. The molecule has 2 aromatic carbocycles. The van der Waals surface area contributed by atoms with Crippen molar-refractivity contribution in [2.24, 2.45) is 0 Å². The zero-order valence-corrected chi connectivity index (χ0v) is 21.7. The Morgan fingerprint density at radius 1 is 1.09 bits per heavy atom. The van der Waals surface area contributed by atoms with E-state index >= 15 is 0 Å². The highest BCUT2D eigenvalue weighted by molar-refractivity contribution is 7.98. The number of halogens is 2. The van der Waals surface area contributed by atoms with Gasteiger partial charge in [0, 0.05) is 27.1 Å². The molecule has 1 aliphatic carbocycles. The van der Waals surface area contributed by atoms with Gasteiger partial charge in [-0.1, -0.05) is 77.8 Å². The van der Waals surface area contributed by atoms with Crippen LogP contribution in [0.1, 0.15) is 56.2 Å². The number of hydrogen-bond acceptors (Lipinski definition) is 6. The van der Waals surface area contributed by atoms with E-state index in [2.05, 4.69) is 17.4 Å². The van der Waals surface area contributed by atoms with Crippen LogP contribution in [-0.4, -0.2) is 26.8 Å². The second kappa shape index (κ2) is 10.6. The maximum absolute atomic E-state index is 13.5. The molecule has 2 heterocycles. The molecule has 3 aromatic rings. The van der Waals surface area contributed by atoms with Gasteiger partial charge in [0.25, 0.3) is 0 Å². The normalized spacial score (nSPS) is 18.2. The zero-order chi connectivity index (χ0) is 24.4. The molecule has 0 radical (unpaired) electrons. The van der Waals surface area contributed by atoms with Crippen molar-refractivity contribution in [2.45, 2.75) is 62.1 Å². The van der Waals surface area contributed by atoms with Gasteiger partial charge in [0.1, 0.15) is 12.1 Å². The van der Waals surface area contributed by atoms with Crippen molar-refractivity contribution in [3.8, 4) is 0 Å². The second-order valence-corrected chi connectivity index (χ2v) is 10.6. The van der Waals surface area contributed by atoms with Crippen LogP contribution in [0.25, 0.3) is 0 Å². The van der Waals surface area contributed by atoms with Crippen molar-refractivity contribution in [2.75, 3.05) is 5.32 Å². The summed E-state index contributed by atoms with van der Waals surface area (Å²) < 4.78 is 7.67. The van der Waals surface area contributed by atoms with Gasteiger partial charge in [-0.05, 0) is 50.3 Å². The van der Waals surface area contributed by atoms with E-state index in [0.717, 1.165) is 31.4 Å². The van der Waals surface area contributed by atoms with Crippen LogP contribution in [0.3, 0.4) is 0 Å². The van der Waals surface area contributed by atoms with Gasteiger partial charge in [-0.15, -0.1) is 5.10 Å². The van der Waals surface area contributed by atoms with Gasteiger partial charge in [0.15, 0.2) is 0 Å². The molecule has 5 rings (SSSR count). The Kier molecular flexibility index (Phi) is 7.37. The lowest BCUT2D eigenvalue weighted by Crippen LogP contribution is -2.32. The molecule has 1 unspecified atom stereocenters. The number of ether oxygens (including phenoxy) is 1. The van der Waals surface area contributed by atoms with Crippen LogP contribution in [0.2, 0.25) is 10.0 Å². The third-order valence-corrected chi connectivity index (χ3v) is 7.93. The lowest BCUT2D eigenvalue weighted by atomic mass is 9.94. The first-order valence-electron chi connectivity index (χ1n) is 11.8. The smallest absolute Gasteiger partial charge is 0.338 e. The van der Waals surface area contributed by atoms with Gasteiger partial charge in [-0.25, -0.2) is 9.48 Å². The maximum Gasteiger partial charge on any atom is 0.338 e. The predicted octanol–water partition coefficient (Wildman–Crippen LogP) is 7.04. The number of allylic oxidation sites excluding steroid dienone is 1. The minimum absolute atomic E-state index is 0.0759. The summed E-state index contributed by atoms with van der Waals surface area (Å²) >= 11 is 14.8. The molecule has 1 N–H and O–H groups in total. The molecule has 35 heavy (non-hydrogen) atoms. The SMILES string of the molecule is CC1=C(C(=O)OC2CCCCC2)C(c2c(Cl)cccc2Cl)n2nc(SCc3ccccc3)nc2N1. The average molecular weight is 529 g/mol. The van der Waals surface area contributed by atoms with Gasteiger partial charge in [-0.3, -0.25) is 0 Å². The van der Waals surface area contributed by atoms with E-state index in [4.69, 9.17) is 38.0 Å². The van der Waals surface area contributed by atoms with Crippen molar-refractivity contribution in [1.82, 2.24) is 14.8 Å². The van der Waals surface area contributed by atoms with Crippen molar-refractivity contribution in [3.63, 3.8) is 0 Å². The fraction of sp³-hybridized carbons (Fsp3) is 0.346. The van der Waals surface area contributed by atoms with Crippen LogP contribution in [0.15, 0.2) is 65.0 Å². The number of carbonyl (C=O) groups is 1. The van der Waals surface area contributed by atoms with Crippen molar-refractivity contribution < 1.29 is 9.53 Å². The van der Waals surface area contributed by atoms with E-state index in [1.165, 1.54) is 23.7 Å². The number of thioether (sulfide) groups is 1. The largest absolute Gasteiger partial charge is 0.459 e. The zero-order valence-electron chi connectivity index (χ0n) is 19.3. The van der Waals surface area contributed by atoms with E-state index < -0.39 is 6.04 Å². The Morgan fingerprint density at radius 3 is 2.51 bits per heavy atom. The van der Waals surface area contributed by atoms with Crippen LogP contribution in [0.5, 0.6) is 0 Å². The minimum Gasteiger partial charge on any atom is -0.459 e. The Labute approximate surface area is 219 Å². The van der Waals surface area contributed by atoms with Crippen LogP contribution in [-0.2, 0) is 15.3 Å². The van der Waals surface area contributed by atoms with Gasteiger partial charge >= 0.3 is 5.97 Å². The van der Waals surface area contributed by atoms with Gasteiger partial charge in [0.05, 0.1) is 5.57 Å². The number of benzene rings is 2. The predicted molar refractivity (Wildman–Crippen MR) is 140 cm³/mol. The quantitative estimate of drug-likeness (QED) is 0.273. The van der Waals surface area contributed by atoms with Gasteiger partial charge in [-0.2, -0.15) is 4.98 Å². The van der Waals surface area contributed by atoms with Crippen LogP contribution in [0, 0.1) is 0 Å². The Morgan fingerprint density at radius 2 is 1.80 bits per heavy atom. The number of rotatable bonds is 6. The number of anilines is 1. The summed E-state index contributed by atoms with van der Waals surface area (Å²) in [6.45, 7) is 1.85. The van der Waals surface area contributed by atoms with Crippen LogP contribution < -0.4 is 5.32 Å². The average Bonchev–Trinajstić information content (AvgIpc) is 3.26. The third kappa shape index (κ3) is 5.22. The molecule has 0 bridgehead atoms. The number of carbonyl (C=O) groups excluding carboxylic acids is 1. The second-order valence-electron chi connectivity index (χ2n) is 8.80. The maximum atomic E-state index is 13.5. The van der Waals surface area contributed by atoms with E-state index in [0.29, 0.717) is 38.0 Å². The first-order valence-corrected chi connectivity index (χ1v) is 13.5. The molecule has 1 fully saturated rings. The van der Waals surface area contributed by atoms with E-state index in [-0.39, 0.29) is 12.1 Å². The number of nitrogens with zero attached hydrogens (tertiary/aromatic N) is 3. The molecular formula is C26H26Cl2N4O2S. The molecule has 0 amide bonds. The molecule has 9 heteroatoms. The molecule has 6 nitrogen and oxygen atoms in total. The molecule has 1 saturated carbocycles. The van der Waals surface area contributed by atoms with E-state index in [1.54, 1.807) is 22.9 Å². The Hall–Kier alpha value is -2.48. The summed E-state index contributed by atoms with van der Waals surface area (Å²) in [5, 5.41) is 9.53. The molecule has 1 atom stereocenters. The summed E-state index contributed by atoms with van der Waals surface area (Å²) in [5.41, 5.74) is 2.89. The number of nitrogens with one attached hydrogen (secondary N) is 1. The monoisotopic (exact) mass is 528 g/mol. The lowest BCUT2D eigenvalue weighted by molar-refractivity contribution is -0.146. The summed E-state index contributed by atoms with van der Waals surface area (Å²) in [4.78, 5) is 18.2. The molecule has 2 aliphatic rings. The highest BCUT2D eigenvalue weighted by Gasteiger charge is 2.38. The highest BCUT2D eigenvalue weighted by atomic mass is 35.5. The molecule has 0 spiro atoms. The van der Waals surface area contributed by atoms with Crippen molar-refractivity contribution >= 4 is 46.9 Å². The summed E-state index contributed by atoms with van der Waals surface area (Å²) in [6, 6.07) is 14.8. The first-order chi connectivity index (χ1) is 17.0. The number of fused-ring (bicyclic) bond motifs is 1. The molecule has 0 saturated heterocycles. The first kappa shape index (κ1) is 24.2. The summed E-state index contributed by atoms with van der Waals surface area (Å²) in [5.74, 6) is 0.890. The van der Waals surface area contributed by atoms with Crippen LogP contribution in [0.4, 0.5) is 5.95 Å². The highest BCUT2D eigenvalue weighted by Crippen LogP contribution is 2.42. The van der Waals surface area contributed by atoms with Gasteiger partial charge < -0.3 is 10.1 Å². The molecule has 1 aromatic heterocycles. The fourth-order valence-electron chi connectivity index (χ4n) is 4.62. The number of aromatic nitrogens is 3. The van der Waals surface area contributed by atoms with E-state index in [9.17, 15) is 4.79 Å². The minimum atomic E-state index is -0.651. The number of esters is 1. The van der Waals surface area contributed by atoms with Crippen LogP contribution >= 0.6 is 35.0 Å². The molecule has 1 aliphatic heterocycles. The van der Waals surface area contributed by atoms with Crippen molar-refractivity contribution in [3.05, 3.63) is 81.0 Å². The Balaban J connectivity index is 1.50. The fourth-order valence-corrected chi connectivity index (χ4v) is 6.00.